The van der Waals surface area contributed by atoms with E-state index < -0.39 is 0 Å². The average Bonchev–Trinajstić information content (AvgIpc) is 2.53. The monoisotopic (exact) mass is 237 g/mol. The molecule has 1 saturated heterocycles. The summed E-state index contributed by atoms with van der Waals surface area (Å²) in [6, 6.07) is 0. The van der Waals surface area contributed by atoms with Crippen LogP contribution in [0.4, 0.5) is 0 Å². The molecule has 1 aromatic rings. The Hall–Kier alpha value is -1.36. The number of aromatic nitrogens is 1. The summed E-state index contributed by atoms with van der Waals surface area (Å²) in [5.41, 5.74) is 1.83. The number of nitrogens with one attached hydrogen (secondary N) is 2. The lowest BCUT2D eigenvalue weighted by atomic mass is 9.88. The van der Waals surface area contributed by atoms with Crippen molar-refractivity contribution >= 4 is 5.91 Å². The van der Waals surface area contributed by atoms with Crippen LogP contribution in [0.2, 0.25) is 0 Å². The smallest absolute Gasteiger partial charge is 0.223 e. The van der Waals surface area contributed by atoms with E-state index in [2.05, 4.69) is 15.8 Å². The van der Waals surface area contributed by atoms with E-state index >= 15 is 0 Å². The molecule has 94 valence electrons. The Morgan fingerprint density at radius 2 is 2.29 bits per heavy atom. The van der Waals surface area contributed by atoms with Gasteiger partial charge in [0, 0.05) is 18.0 Å². The molecule has 1 unspecified atom stereocenters. The van der Waals surface area contributed by atoms with Gasteiger partial charge in [-0.2, -0.15) is 0 Å². The van der Waals surface area contributed by atoms with Crippen LogP contribution in [0.25, 0.3) is 0 Å². The minimum absolute atomic E-state index is 0.0664. The molecule has 1 atom stereocenters. The van der Waals surface area contributed by atoms with Crippen LogP contribution in [0.3, 0.4) is 0 Å². The van der Waals surface area contributed by atoms with Gasteiger partial charge in [0.1, 0.15) is 5.76 Å². The third-order valence-corrected chi connectivity index (χ3v) is 3.55. The molecule has 1 amide bonds. The lowest BCUT2D eigenvalue weighted by molar-refractivity contribution is -0.126. The molecule has 0 radical (unpaired) electrons. The van der Waals surface area contributed by atoms with Gasteiger partial charge in [-0.05, 0) is 32.9 Å². The van der Waals surface area contributed by atoms with E-state index in [0.29, 0.717) is 12.5 Å². The van der Waals surface area contributed by atoms with E-state index in [9.17, 15) is 4.79 Å². The highest BCUT2D eigenvalue weighted by Gasteiger charge is 2.28. The first kappa shape index (κ1) is 12.1. The van der Waals surface area contributed by atoms with Crippen molar-refractivity contribution in [2.24, 2.45) is 11.8 Å². The number of hydrogen-bond acceptors (Lipinski definition) is 4. The van der Waals surface area contributed by atoms with E-state index in [1.807, 2.05) is 20.8 Å². The molecule has 5 nitrogen and oxygen atoms in total. The van der Waals surface area contributed by atoms with Gasteiger partial charge < -0.3 is 15.2 Å². The standard InChI is InChI=1S/C12H19N3O2/c1-7(10-4-13-5-10)12(16)14-6-11-8(2)15-17-9(11)3/h7,10,13H,4-6H2,1-3H3,(H,14,16). The molecule has 0 aliphatic carbocycles. The summed E-state index contributed by atoms with van der Waals surface area (Å²) in [7, 11) is 0. The van der Waals surface area contributed by atoms with Gasteiger partial charge in [0.2, 0.25) is 5.91 Å². The van der Waals surface area contributed by atoms with E-state index in [1.165, 1.54) is 0 Å². The Morgan fingerprint density at radius 3 is 2.76 bits per heavy atom. The minimum atomic E-state index is 0.0664. The van der Waals surface area contributed by atoms with Crippen LogP contribution in [-0.4, -0.2) is 24.2 Å². The lowest BCUT2D eigenvalue weighted by Gasteiger charge is -2.31. The van der Waals surface area contributed by atoms with Crippen LogP contribution in [0.5, 0.6) is 0 Å². The topological polar surface area (TPSA) is 67.2 Å². The predicted octanol–water partition coefficient (Wildman–Crippen LogP) is 0.763. The summed E-state index contributed by atoms with van der Waals surface area (Å²) in [5, 5.41) is 9.99. The van der Waals surface area contributed by atoms with Gasteiger partial charge in [0.05, 0.1) is 5.69 Å². The molecule has 0 aromatic carbocycles. The fraction of sp³-hybridized carbons (Fsp3) is 0.667. The molecule has 0 bridgehead atoms. The van der Waals surface area contributed by atoms with Gasteiger partial charge in [0.15, 0.2) is 0 Å². The van der Waals surface area contributed by atoms with E-state index in [0.717, 1.165) is 30.1 Å². The molecule has 1 aromatic heterocycles. The molecule has 1 aliphatic rings. The van der Waals surface area contributed by atoms with Gasteiger partial charge in [0.25, 0.3) is 0 Å². The fourth-order valence-electron chi connectivity index (χ4n) is 1.97. The second-order valence-corrected chi connectivity index (χ2v) is 4.73. The predicted molar refractivity (Wildman–Crippen MR) is 63.3 cm³/mol. The number of carbonyl (C=O) groups is 1. The van der Waals surface area contributed by atoms with E-state index in [1.54, 1.807) is 0 Å². The number of carbonyl (C=O) groups excluding carboxylic acids is 1. The van der Waals surface area contributed by atoms with Gasteiger partial charge in [-0.3, -0.25) is 4.79 Å². The largest absolute Gasteiger partial charge is 0.361 e. The quantitative estimate of drug-likeness (QED) is 0.811. The number of rotatable bonds is 4. The molecule has 17 heavy (non-hydrogen) atoms. The zero-order valence-corrected chi connectivity index (χ0v) is 10.5. The molecule has 2 rings (SSSR count). The number of hydrogen-bond donors (Lipinski definition) is 2. The Morgan fingerprint density at radius 1 is 1.59 bits per heavy atom. The zero-order valence-electron chi connectivity index (χ0n) is 10.5. The van der Waals surface area contributed by atoms with Crippen molar-refractivity contribution in [1.29, 1.82) is 0 Å². The lowest BCUT2D eigenvalue weighted by Crippen LogP contribution is -2.49. The molecule has 2 N–H and O–H groups in total. The van der Waals surface area contributed by atoms with Crippen LogP contribution in [-0.2, 0) is 11.3 Å². The van der Waals surface area contributed by atoms with Crippen molar-refractivity contribution < 1.29 is 9.32 Å². The first-order chi connectivity index (χ1) is 8.09. The third-order valence-electron chi connectivity index (χ3n) is 3.55. The highest BCUT2D eigenvalue weighted by atomic mass is 16.5. The molecular formula is C12H19N3O2. The molecule has 0 spiro atoms. The van der Waals surface area contributed by atoms with Gasteiger partial charge in [-0.25, -0.2) is 0 Å². The van der Waals surface area contributed by atoms with Crippen molar-refractivity contribution in [3.05, 3.63) is 17.0 Å². The SMILES string of the molecule is Cc1noc(C)c1CNC(=O)C(C)C1CNC1. The zero-order chi connectivity index (χ0) is 12.4. The molecule has 1 fully saturated rings. The van der Waals surface area contributed by atoms with Crippen LogP contribution >= 0.6 is 0 Å². The summed E-state index contributed by atoms with van der Waals surface area (Å²) in [6.07, 6.45) is 0. The molecule has 2 heterocycles. The number of nitrogens with zero attached hydrogens (tertiary/aromatic N) is 1. The first-order valence-electron chi connectivity index (χ1n) is 5.99. The molecule has 5 heteroatoms. The van der Waals surface area contributed by atoms with Crippen molar-refractivity contribution in [3.8, 4) is 0 Å². The highest BCUT2D eigenvalue weighted by molar-refractivity contribution is 5.78. The Balaban J connectivity index is 1.87. The molecule has 1 aliphatic heterocycles. The van der Waals surface area contributed by atoms with Gasteiger partial charge in [-0.15, -0.1) is 0 Å². The summed E-state index contributed by atoms with van der Waals surface area (Å²) in [5.74, 6) is 1.42. The van der Waals surface area contributed by atoms with E-state index in [4.69, 9.17) is 4.52 Å². The maximum atomic E-state index is 11.9. The third kappa shape index (κ3) is 2.49. The average molecular weight is 237 g/mol. The number of amides is 1. The second kappa shape index (κ2) is 4.87. The number of aryl methyl sites for hydroxylation is 2. The van der Waals surface area contributed by atoms with Gasteiger partial charge in [-0.1, -0.05) is 12.1 Å². The van der Waals surface area contributed by atoms with Crippen LogP contribution in [0.15, 0.2) is 4.52 Å². The van der Waals surface area contributed by atoms with Gasteiger partial charge >= 0.3 is 0 Å². The van der Waals surface area contributed by atoms with E-state index in [-0.39, 0.29) is 11.8 Å². The van der Waals surface area contributed by atoms with Crippen molar-refractivity contribution in [2.45, 2.75) is 27.3 Å². The Labute approximate surface area is 101 Å². The van der Waals surface area contributed by atoms with Crippen molar-refractivity contribution in [3.63, 3.8) is 0 Å². The Kier molecular flexibility index (Phi) is 3.47. The first-order valence-corrected chi connectivity index (χ1v) is 5.99. The summed E-state index contributed by atoms with van der Waals surface area (Å²) >= 11 is 0. The molecule has 0 saturated carbocycles. The van der Waals surface area contributed by atoms with Crippen LogP contribution < -0.4 is 10.6 Å². The maximum absolute atomic E-state index is 11.9. The highest BCUT2D eigenvalue weighted by Crippen LogP contribution is 2.17. The second-order valence-electron chi connectivity index (χ2n) is 4.73. The maximum Gasteiger partial charge on any atom is 0.223 e. The summed E-state index contributed by atoms with van der Waals surface area (Å²) in [4.78, 5) is 11.9. The normalized spacial score (nSPS) is 17.6. The fourth-order valence-corrected chi connectivity index (χ4v) is 1.97. The Bertz CT molecular complexity index is 390. The minimum Gasteiger partial charge on any atom is -0.361 e. The van der Waals surface area contributed by atoms with Crippen LogP contribution in [0, 0.1) is 25.7 Å². The summed E-state index contributed by atoms with van der Waals surface area (Å²) in [6.45, 7) is 8.12. The van der Waals surface area contributed by atoms with Crippen LogP contribution in [0.1, 0.15) is 23.9 Å². The van der Waals surface area contributed by atoms with Crippen molar-refractivity contribution in [1.82, 2.24) is 15.8 Å². The summed E-state index contributed by atoms with van der Waals surface area (Å²) < 4.78 is 5.06. The molecular weight excluding hydrogens is 218 g/mol. The van der Waals surface area contributed by atoms with Crippen molar-refractivity contribution in [2.75, 3.05) is 13.1 Å².